The Morgan fingerprint density at radius 3 is 2.78 bits per heavy atom. The van der Waals surface area contributed by atoms with Gasteiger partial charge >= 0.3 is 0 Å². The Morgan fingerprint density at radius 1 is 1.22 bits per heavy atom. The van der Waals surface area contributed by atoms with Crippen LogP contribution in [0.3, 0.4) is 0 Å². The molecule has 27 heavy (non-hydrogen) atoms. The molecule has 0 saturated carbocycles. The molecule has 0 aliphatic rings. The van der Waals surface area contributed by atoms with Gasteiger partial charge in [0, 0.05) is 12.3 Å². The van der Waals surface area contributed by atoms with Gasteiger partial charge in [-0.2, -0.15) is 0 Å². The van der Waals surface area contributed by atoms with Crippen molar-refractivity contribution in [2.45, 2.75) is 19.8 Å². The van der Waals surface area contributed by atoms with Gasteiger partial charge in [-0.3, -0.25) is 0 Å². The predicted octanol–water partition coefficient (Wildman–Crippen LogP) is 4.10. The lowest BCUT2D eigenvalue weighted by molar-refractivity contribution is 0.317. The highest BCUT2D eigenvalue weighted by atomic mass is 35.5. The molecule has 0 atom stereocenters. The lowest BCUT2D eigenvalue weighted by Crippen LogP contribution is -2.13. The first kappa shape index (κ1) is 18.9. The van der Waals surface area contributed by atoms with Crippen LogP contribution >= 0.6 is 11.6 Å². The number of hydrogen-bond donors (Lipinski definition) is 1. The fourth-order valence-corrected chi connectivity index (χ4v) is 2.88. The van der Waals surface area contributed by atoms with Crippen LogP contribution in [0, 0.1) is 0 Å². The Labute approximate surface area is 163 Å². The van der Waals surface area contributed by atoms with E-state index < -0.39 is 0 Å². The molecule has 0 radical (unpaired) electrons. The summed E-state index contributed by atoms with van der Waals surface area (Å²) in [5.41, 5.74) is 3.03. The van der Waals surface area contributed by atoms with Crippen LogP contribution in [0.4, 0.5) is 5.82 Å². The number of halogens is 1. The third-order valence-corrected chi connectivity index (χ3v) is 4.38. The zero-order valence-electron chi connectivity index (χ0n) is 15.2. The standard InChI is InChI=1S/C20H22ClN5O/c1-3-5-15-6-8-16(9-7-15)26-12-10-18(25-26)27-13-11-22-20-19(21)17(4-2)23-14-24-20/h3,6-10,12,14H,1,4-5,11,13H2,2H3,(H,22,23,24). The molecule has 1 aromatic carbocycles. The Morgan fingerprint density at radius 2 is 2.04 bits per heavy atom. The first-order valence-electron chi connectivity index (χ1n) is 8.83. The maximum atomic E-state index is 6.26. The zero-order valence-corrected chi connectivity index (χ0v) is 16.0. The van der Waals surface area contributed by atoms with E-state index in [-0.39, 0.29) is 0 Å². The molecule has 0 aliphatic carbocycles. The minimum absolute atomic E-state index is 0.442. The van der Waals surface area contributed by atoms with E-state index in [4.69, 9.17) is 16.3 Å². The van der Waals surface area contributed by atoms with E-state index in [9.17, 15) is 0 Å². The summed E-state index contributed by atoms with van der Waals surface area (Å²) in [4.78, 5) is 8.31. The fraction of sp³-hybridized carbons (Fsp3) is 0.250. The molecule has 0 saturated heterocycles. The molecular formula is C20H22ClN5O. The van der Waals surface area contributed by atoms with Gasteiger partial charge in [0.15, 0.2) is 0 Å². The van der Waals surface area contributed by atoms with Crippen LogP contribution in [-0.4, -0.2) is 32.9 Å². The molecule has 0 unspecified atom stereocenters. The first-order valence-corrected chi connectivity index (χ1v) is 9.21. The molecule has 0 fully saturated rings. The lowest BCUT2D eigenvalue weighted by Gasteiger charge is -2.09. The van der Waals surface area contributed by atoms with Gasteiger partial charge < -0.3 is 10.1 Å². The molecule has 2 heterocycles. The third-order valence-electron chi connectivity index (χ3n) is 3.99. The van der Waals surface area contributed by atoms with Crippen LogP contribution in [0.15, 0.2) is 55.5 Å². The monoisotopic (exact) mass is 383 g/mol. The Balaban J connectivity index is 1.52. The van der Waals surface area contributed by atoms with Crippen molar-refractivity contribution in [2.24, 2.45) is 0 Å². The largest absolute Gasteiger partial charge is 0.475 e. The molecule has 0 spiro atoms. The van der Waals surface area contributed by atoms with E-state index in [1.54, 1.807) is 4.68 Å². The lowest BCUT2D eigenvalue weighted by atomic mass is 10.1. The second-order valence-corrected chi connectivity index (χ2v) is 6.25. The summed E-state index contributed by atoms with van der Waals surface area (Å²) >= 11 is 6.26. The number of benzene rings is 1. The molecule has 0 amide bonds. The van der Waals surface area contributed by atoms with E-state index in [1.165, 1.54) is 11.9 Å². The number of nitrogens with zero attached hydrogens (tertiary/aromatic N) is 4. The molecule has 2 aromatic heterocycles. The topological polar surface area (TPSA) is 64.9 Å². The number of hydrogen-bond acceptors (Lipinski definition) is 5. The zero-order chi connectivity index (χ0) is 19.1. The van der Waals surface area contributed by atoms with Crippen molar-refractivity contribution in [3.8, 4) is 11.6 Å². The van der Waals surface area contributed by atoms with Gasteiger partial charge in [-0.25, -0.2) is 14.6 Å². The summed E-state index contributed by atoms with van der Waals surface area (Å²) < 4.78 is 7.48. The maximum Gasteiger partial charge on any atom is 0.233 e. The van der Waals surface area contributed by atoms with Gasteiger partial charge in [0.25, 0.3) is 0 Å². The van der Waals surface area contributed by atoms with Crippen LogP contribution in [-0.2, 0) is 12.8 Å². The van der Waals surface area contributed by atoms with Gasteiger partial charge in [0.2, 0.25) is 5.88 Å². The number of nitrogens with one attached hydrogen (secondary N) is 1. The first-order chi connectivity index (χ1) is 13.2. The van der Waals surface area contributed by atoms with Crippen molar-refractivity contribution in [3.05, 3.63) is 71.8 Å². The van der Waals surface area contributed by atoms with Crippen LogP contribution in [0.1, 0.15) is 18.2 Å². The van der Waals surface area contributed by atoms with Crippen LogP contribution in [0.2, 0.25) is 5.02 Å². The van der Waals surface area contributed by atoms with E-state index in [0.29, 0.717) is 29.9 Å². The average Bonchev–Trinajstić information content (AvgIpc) is 3.16. The van der Waals surface area contributed by atoms with Crippen molar-refractivity contribution >= 4 is 17.4 Å². The third kappa shape index (κ3) is 4.86. The maximum absolute atomic E-state index is 6.26. The van der Waals surface area contributed by atoms with E-state index in [1.807, 2.05) is 37.4 Å². The van der Waals surface area contributed by atoms with E-state index >= 15 is 0 Å². The SMILES string of the molecule is C=CCc1ccc(-n2ccc(OCCNc3ncnc(CC)c3Cl)n2)cc1. The Bertz CT molecular complexity index is 892. The summed E-state index contributed by atoms with van der Waals surface area (Å²) in [5.74, 6) is 1.19. The summed E-state index contributed by atoms with van der Waals surface area (Å²) in [6.45, 7) is 6.76. The fourth-order valence-electron chi connectivity index (χ4n) is 2.58. The van der Waals surface area contributed by atoms with Gasteiger partial charge in [-0.05, 0) is 30.5 Å². The number of rotatable bonds is 9. The molecule has 0 aliphatic heterocycles. The Hall–Kier alpha value is -2.86. The highest BCUT2D eigenvalue weighted by Gasteiger charge is 2.07. The highest BCUT2D eigenvalue weighted by molar-refractivity contribution is 6.33. The van der Waals surface area contributed by atoms with Crippen LogP contribution in [0.5, 0.6) is 5.88 Å². The van der Waals surface area contributed by atoms with E-state index in [0.717, 1.165) is 24.2 Å². The summed E-state index contributed by atoms with van der Waals surface area (Å²) in [6, 6.07) is 10.0. The second kappa shape index (κ2) is 9.19. The minimum Gasteiger partial charge on any atom is -0.475 e. The minimum atomic E-state index is 0.442. The Kier molecular flexibility index (Phi) is 6.44. The second-order valence-electron chi connectivity index (χ2n) is 5.87. The molecule has 6 nitrogen and oxygen atoms in total. The van der Waals surface area contributed by atoms with Crippen LogP contribution in [0.25, 0.3) is 5.69 Å². The number of ether oxygens (including phenoxy) is 1. The molecule has 7 heteroatoms. The number of aromatic nitrogens is 4. The van der Waals surface area contributed by atoms with Crippen molar-refractivity contribution in [3.63, 3.8) is 0 Å². The molecule has 3 aromatic rings. The van der Waals surface area contributed by atoms with Crippen molar-refractivity contribution in [2.75, 3.05) is 18.5 Å². The molecule has 0 bridgehead atoms. The number of anilines is 1. The summed E-state index contributed by atoms with van der Waals surface area (Å²) in [6.07, 6.45) is 6.89. The number of aryl methyl sites for hydroxylation is 1. The average molecular weight is 384 g/mol. The highest BCUT2D eigenvalue weighted by Crippen LogP contribution is 2.21. The van der Waals surface area contributed by atoms with Gasteiger partial charge in [-0.15, -0.1) is 11.7 Å². The number of allylic oxidation sites excluding steroid dienone is 1. The van der Waals surface area contributed by atoms with Gasteiger partial charge in [0.05, 0.1) is 17.9 Å². The van der Waals surface area contributed by atoms with Crippen molar-refractivity contribution < 1.29 is 4.74 Å². The predicted molar refractivity (Wildman–Crippen MR) is 108 cm³/mol. The van der Waals surface area contributed by atoms with Crippen LogP contribution < -0.4 is 10.1 Å². The summed E-state index contributed by atoms with van der Waals surface area (Å²) in [7, 11) is 0. The molecule has 3 rings (SSSR count). The molecule has 1 N–H and O–H groups in total. The molecule has 140 valence electrons. The van der Waals surface area contributed by atoms with Gasteiger partial charge in [0.1, 0.15) is 23.8 Å². The quantitative estimate of drug-likeness (QED) is 0.445. The normalized spacial score (nSPS) is 10.6. The van der Waals surface area contributed by atoms with Crippen molar-refractivity contribution in [1.82, 2.24) is 19.7 Å². The smallest absolute Gasteiger partial charge is 0.233 e. The van der Waals surface area contributed by atoms with Gasteiger partial charge in [-0.1, -0.05) is 36.7 Å². The van der Waals surface area contributed by atoms with Crippen molar-refractivity contribution in [1.29, 1.82) is 0 Å². The molecular weight excluding hydrogens is 362 g/mol. The van der Waals surface area contributed by atoms with E-state index in [2.05, 4.69) is 39.1 Å². The summed E-state index contributed by atoms with van der Waals surface area (Å²) in [5, 5.41) is 8.16.